The van der Waals surface area contributed by atoms with Crippen LogP contribution in [0.5, 0.6) is 11.5 Å². The Hall–Kier alpha value is -2.82. The lowest BCUT2D eigenvalue weighted by Crippen LogP contribution is -2.17. The Kier molecular flexibility index (Phi) is 6.92. The number of carbonyl (C=O) groups excluding carboxylic acids is 2. The van der Waals surface area contributed by atoms with Crippen molar-refractivity contribution in [2.45, 2.75) is 78.6 Å². The van der Waals surface area contributed by atoms with E-state index in [9.17, 15) is 9.59 Å². The highest BCUT2D eigenvalue weighted by Crippen LogP contribution is 2.47. The number of ether oxygens (including phenoxy) is 3. The van der Waals surface area contributed by atoms with Crippen LogP contribution in [0.1, 0.15) is 88.6 Å². The second-order valence-electron chi connectivity index (χ2n) is 10.7. The van der Waals surface area contributed by atoms with Gasteiger partial charge in [-0.2, -0.15) is 0 Å². The molecule has 0 fully saturated rings. The second kappa shape index (κ2) is 9.20. The molecule has 0 saturated carbocycles. The third-order valence-electron chi connectivity index (χ3n) is 5.97. The summed E-state index contributed by atoms with van der Waals surface area (Å²) in [5, 5.41) is 0. The van der Waals surface area contributed by atoms with Crippen molar-refractivity contribution < 1.29 is 23.8 Å². The molecule has 1 aliphatic rings. The molecule has 1 aliphatic heterocycles. The van der Waals surface area contributed by atoms with Gasteiger partial charge in [-0.3, -0.25) is 9.59 Å². The maximum absolute atomic E-state index is 13.1. The van der Waals surface area contributed by atoms with E-state index in [-0.39, 0.29) is 36.0 Å². The Labute approximate surface area is 197 Å². The van der Waals surface area contributed by atoms with Gasteiger partial charge in [0.25, 0.3) is 0 Å². The molecule has 0 amide bonds. The first-order chi connectivity index (χ1) is 15.3. The summed E-state index contributed by atoms with van der Waals surface area (Å²) in [4.78, 5) is 24.3. The molecule has 33 heavy (non-hydrogen) atoms. The Balaban J connectivity index is 1.93. The second-order valence-corrected chi connectivity index (χ2v) is 10.7. The summed E-state index contributed by atoms with van der Waals surface area (Å²) in [6.07, 6.45) is 0.348. The summed E-state index contributed by atoms with van der Waals surface area (Å²) in [6, 6.07) is 10.1. The average molecular weight is 453 g/mol. The molecule has 1 atom stereocenters. The molecule has 0 spiro atoms. The number of rotatable bonds is 6. The van der Waals surface area contributed by atoms with Crippen molar-refractivity contribution in [3.8, 4) is 11.5 Å². The summed E-state index contributed by atoms with van der Waals surface area (Å²) in [7, 11) is 0. The molecule has 5 nitrogen and oxygen atoms in total. The van der Waals surface area contributed by atoms with E-state index in [0.29, 0.717) is 17.9 Å². The summed E-state index contributed by atoms with van der Waals surface area (Å²) in [5.41, 5.74) is 4.75. The lowest BCUT2D eigenvalue weighted by atomic mass is 9.77. The van der Waals surface area contributed by atoms with Crippen LogP contribution in [0.25, 0.3) is 0 Å². The maximum atomic E-state index is 13.1. The van der Waals surface area contributed by atoms with Gasteiger partial charge in [-0.1, -0.05) is 72.7 Å². The fourth-order valence-corrected chi connectivity index (χ4v) is 4.00. The van der Waals surface area contributed by atoms with Gasteiger partial charge in [0, 0.05) is 17.5 Å². The lowest BCUT2D eigenvalue weighted by molar-refractivity contribution is -0.144. The molecule has 0 radical (unpaired) electrons. The molecule has 0 aliphatic carbocycles. The molecule has 0 saturated heterocycles. The summed E-state index contributed by atoms with van der Waals surface area (Å²) < 4.78 is 16.7. The number of aryl methyl sites for hydroxylation is 1. The quantitative estimate of drug-likeness (QED) is 0.307. The smallest absolute Gasteiger partial charge is 0.323 e. The number of esters is 2. The van der Waals surface area contributed by atoms with E-state index in [0.717, 1.165) is 22.3 Å². The molecule has 0 N–H and O–H groups in total. The van der Waals surface area contributed by atoms with Gasteiger partial charge in [0.15, 0.2) is 0 Å². The van der Waals surface area contributed by atoms with Crippen LogP contribution in [0.15, 0.2) is 30.3 Å². The minimum Gasteiger partial charge on any atom is -0.490 e. The predicted molar refractivity (Wildman–Crippen MR) is 129 cm³/mol. The monoisotopic (exact) mass is 452 g/mol. The number of hydrogen-bond acceptors (Lipinski definition) is 5. The van der Waals surface area contributed by atoms with E-state index in [1.165, 1.54) is 5.56 Å². The van der Waals surface area contributed by atoms with Crippen molar-refractivity contribution in [3.05, 3.63) is 58.1 Å². The normalized spacial score (nSPS) is 15.8. The highest BCUT2D eigenvalue weighted by atomic mass is 16.6. The largest absolute Gasteiger partial charge is 0.490 e. The van der Waals surface area contributed by atoms with Crippen LogP contribution in [0.3, 0.4) is 0 Å². The molecular formula is C28H36O5. The van der Waals surface area contributed by atoms with Gasteiger partial charge >= 0.3 is 11.9 Å². The van der Waals surface area contributed by atoms with Crippen molar-refractivity contribution >= 4 is 11.9 Å². The average Bonchev–Trinajstić information content (AvgIpc) is 3.05. The molecule has 178 valence electrons. The van der Waals surface area contributed by atoms with Crippen molar-refractivity contribution in [1.29, 1.82) is 0 Å². The van der Waals surface area contributed by atoms with E-state index >= 15 is 0 Å². The zero-order valence-electron chi connectivity index (χ0n) is 21.1. The topological polar surface area (TPSA) is 61.8 Å². The van der Waals surface area contributed by atoms with Crippen LogP contribution in [-0.2, 0) is 25.2 Å². The third-order valence-corrected chi connectivity index (χ3v) is 5.97. The predicted octanol–water partition coefficient (Wildman–Crippen LogP) is 5.97. The van der Waals surface area contributed by atoms with Crippen LogP contribution in [0, 0.1) is 6.92 Å². The third kappa shape index (κ3) is 5.40. The van der Waals surface area contributed by atoms with Gasteiger partial charge < -0.3 is 14.2 Å². The van der Waals surface area contributed by atoms with Gasteiger partial charge in [0.05, 0.1) is 0 Å². The molecule has 0 bridgehead atoms. The highest BCUT2D eigenvalue weighted by molar-refractivity contribution is 5.90. The zero-order valence-corrected chi connectivity index (χ0v) is 21.1. The standard InChI is InChI=1S/C28H36O5/c1-9-23(29)32-13-12-31-22-11-10-18(14-17(22)2)24-20-15-19(27(3,4)5)16-21(28(6,7)8)25(20)33-26(24)30/h10-11,14-16,24H,9,12-13H2,1-8H3. The van der Waals surface area contributed by atoms with Crippen molar-refractivity contribution in [3.63, 3.8) is 0 Å². The van der Waals surface area contributed by atoms with Crippen LogP contribution in [-0.4, -0.2) is 25.2 Å². The van der Waals surface area contributed by atoms with Crippen molar-refractivity contribution in [2.75, 3.05) is 13.2 Å². The molecule has 5 heteroatoms. The fourth-order valence-electron chi connectivity index (χ4n) is 4.00. The molecule has 1 unspecified atom stereocenters. The fraction of sp³-hybridized carbons (Fsp3) is 0.500. The van der Waals surface area contributed by atoms with Crippen LogP contribution < -0.4 is 9.47 Å². The van der Waals surface area contributed by atoms with E-state index in [1.807, 2.05) is 25.1 Å². The minimum absolute atomic E-state index is 0.0555. The Bertz CT molecular complexity index is 1050. The molecular weight excluding hydrogens is 416 g/mol. The van der Waals surface area contributed by atoms with E-state index in [4.69, 9.17) is 14.2 Å². The van der Waals surface area contributed by atoms with Gasteiger partial charge in [0.1, 0.15) is 30.6 Å². The molecule has 1 heterocycles. The van der Waals surface area contributed by atoms with Crippen molar-refractivity contribution in [1.82, 2.24) is 0 Å². The maximum Gasteiger partial charge on any atom is 0.323 e. The first-order valence-corrected chi connectivity index (χ1v) is 11.6. The molecule has 0 aromatic heterocycles. The first kappa shape index (κ1) is 24.8. The molecule has 3 rings (SSSR count). The number of fused-ring (bicyclic) bond motifs is 1. The summed E-state index contributed by atoms with van der Waals surface area (Å²) in [5.74, 6) is 0.439. The highest BCUT2D eigenvalue weighted by Gasteiger charge is 2.39. The van der Waals surface area contributed by atoms with E-state index in [1.54, 1.807) is 6.92 Å². The van der Waals surface area contributed by atoms with Gasteiger partial charge in [-0.15, -0.1) is 0 Å². The molecule has 2 aromatic carbocycles. The number of carbonyl (C=O) groups is 2. The molecule has 2 aromatic rings. The van der Waals surface area contributed by atoms with Gasteiger partial charge in [-0.25, -0.2) is 0 Å². The Morgan fingerprint density at radius 3 is 2.27 bits per heavy atom. The van der Waals surface area contributed by atoms with Gasteiger partial charge in [0.2, 0.25) is 0 Å². The van der Waals surface area contributed by atoms with Crippen molar-refractivity contribution in [2.24, 2.45) is 0 Å². The first-order valence-electron chi connectivity index (χ1n) is 11.6. The minimum atomic E-state index is -0.471. The SMILES string of the molecule is CCC(=O)OCCOc1ccc(C2C(=O)Oc3c2cc(C(C)(C)C)cc3C(C)(C)C)cc1C. The van der Waals surface area contributed by atoms with E-state index in [2.05, 4.69) is 53.7 Å². The summed E-state index contributed by atoms with van der Waals surface area (Å²) in [6.45, 7) is 17.2. The van der Waals surface area contributed by atoms with E-state index < -0.39 is 5.92 Å². The van der Waals surface area contributed by atoms with Crippen LogP contribution >= 0.6 is 0 Å². The number of hydrogen-bond donors (Lipinski definition) is 0. The number of benzene rings is 2. The Morgan fingerprint density at radius 1 is 1.00 bits per heavy atom. The van der Waals surface area contributed by atoms with Crippen LogP contribution in [0.4, 0.5) is 0 Å². The Morgan fingerprint density at radius 2 is 1.70 bits per heavy atom. The van der Waals surface area contributed by atoms with Gasteiger partial charge in [-0.05, 0) is 40.5 Å². The zero-order chi connectivity index (χ0) is 24.6. The summed E-state index contributed by atoms with van der Waals surface area (Å²) >= 11 is 0. The van der Waals surface area contributed by atoms with Crippen LogP contribution in [0.2, 0.25) is 0 Å². The lowest BCUT2D eigenvalue weighted by Gasteiger charge is -2.27.